The predicted molar refractivity (Wildman–Crippen MR) is 162 cm³/mol. The molecule has 1 unspecified atom stereocenters. The Morgan fingerprint density at radius 2 is 1.59 bits per heavy atom. The first kappa shape index (κ1) is 25.0. The number of carbonyl (C=O) groups excluding carboxylic acids is 1. The van der Waals surface area contributed by atoms with Crippen molar-refractivity contribution in [3.8, 4) is 17.2 Å². The van der Waals surface area contributed by atoms with Gasteiger partial charge in [0.2, 0.25) is 0 Å². The quantitative estimate of drug-likeness (QED) is 0.219. The van der Waals surface area contributed by atoms with Crippen LogP contribution in [0.15, 0.2) is 97.1 Å². The number of nitrogens with one attached hydrogen (secondary N) is 1. The second kappa shape index (κ2) is 9.59. The summed E-state index contributed by atoms with van der Waals surface area (Å²) in [6.45, 7) is 6.04. The Kier molecular flexibility index (Phi) is 5.86. The van der Waals surface area contributed by atoms with E-state index in [4.69, 9.17) is 14.2 Å². The largest absolute Gasteiger partial charge is 0.497 e. The highest BCUT2D eigenvalue weighted by molar-refractivity contribution is 6.00. The Balaban J connectivity index is 1.41. The molecule has 0 aromatic heterocycles. The standard InChI is InChI=1S/C35H30N2O4/c1-4-37(5-2)25-14-18-30-32(21-25)40-31-19-10-22-20-24(36-23-11-15-26(39-3)16-12-23)13-17-27(22)33(31)35(30)29-9-7-6-8-28(29)34(38)41-35/h6-21,36H,4-5H2,1-3H3. The normalized spacial score (nSPS) is 16.4. The number of fused-ring (bicyclic) bond motifs is 8. The molecule has 204 valence electrons. The van der Waals surface area contributed by atoms with Crippen LogP contribution in [0, 0.1) is 0 Å². The van der Waals surface area contributed by atoms with E-state index >= 15 is 0 Å². The van der Waals surface area contributed by atoms with Gasteiger partial charge in [-0.05, 0) is 85.3 Å². The van der Waals surface area contributed by atoms with Gasteiger partial charge in [0.25, 0.3) is 0 Å². The third kappa shape index (κ3) is 3.82. The van der Waals surface area contributed by atoms with Crippen molar-refractivity contribution in [3.05, 3.63) is 119 Å². The Morgan fingerprint density at radius 1 is 0.805 bits per heavy atom. The first-order valence-electron chi connectivity index (χ1n) is 13.9. The van der Waals surface area contributed by atoms with Crippen molar-refractivity contribution >= 4 is 33.8 Å². The molecule has 0 aliphatic carbocycles. The van der Waals surface area contributed by atoms with E-state index in [0.29, 0.717) is 17.1 Å². The van der Waals surface area contributed by atoms with Gasteiger partial charge in [-0.1, -0.05) is 30.3 Å². The fourth-order valence-electron chi connectivity index (χ4n) is 6.20. The fourth-order valence-corrected chi connectivity index (χ4v) is 6.20. The molecule has 6 heteroatoms. The van der Waals surface area contributed by atoms with E-state index in [2.05, 4.69) is 60.5 Å². The summed E-state index contributed by atoms with van der Waals surface area (Å²) >= 11 is 0. The second-order valence-corrected chi connectivity index (χ2v) is 10.3. The molecule has 0 fully saturated rings. The molecule has 5 aromatic rings. The van der Waals surface area contributed by atoms with Gasteiger partial charge < -0.3 is 24.4 Å². The molecule has 0 saturated heterocycles. The van der Waals surface area contributed by atoms with Crippen molar-refractivity contribution in [1.82, 2.24) is 0 Å². The molecule has 2 aliphatic rings. The van der Waals surface area contributed by atoms with E-state index < -0.39 is 5.60 Å². The van der Waals surface area contributed by atoms with Gasteiger partial charge in [-0.3, -0.25) is 0 Å². The summed E-state index contributed by atoms with van der Waals surface area (Å²) in [5.74, 6) is 1.86. The molecule has 1 atom stereocenters. The van der Waals surface area contributed by atoms with Gasteiger partial charge in [0.1, 0.15) is 17.2 Å². The SMILES string of the molecule is CCN(CC)c1ccc2c(c1)Oc1ccc3cc(Nc4ccc(OC)cc4)ccc3c1C21OC(=O)c2ccccc21. The highest BCUT2D eigenvalue weighted by atomic mass is 16.6. The number of benzene rings is 5. The van der Waals surface area contributed by atoms with Crippen LogP contribution in [-0.4, -0.2) is 26.2 Å². The van der Waals surface area contributed by atoms with Gasteiger partial charge in [0, 0.05) is 47.3 Å². The molecule has 2 heterocycles. The molecule has 0 saturated carbocycles. The topological polar surface area (TPSA) is 60.0 Å². The number of rotatable bonds is 6. The number of carbonyl (C=O) groups is 1. The zero-order valence-electron chi connectivity index (χ0n) is 23.2. The highest BCUT2D eigenvalue weighted by Crippen LogP contribution is 2.58. The summed E-state index contributed by atoms with van der Waals surface area (Å²) in [5.41, 5.74) is 4.93. The van der Waals surface area contributed by atoms with Crippen molar-refractivity contribution in [3.63, 3.8) is 0 Å². The Bertz CT molecular complexity index is 1810. The maximum Gasteiger partial charge on any atom is 0.340 e. The fraction of sp³-hybridized carbons (Fsp3) is 0.171. The number of anilines is 3. The van der Waals surface area contributed by atoms with Gasteiger partial charge in [-0.2, -0.15) is 0 Å². The van der Waals surface area contributed by atoms with Crippen LogP contribution in [0.25, 0.3) is 10.8 Å². The smallest absolute Gasteiger partial charge is 0.340 e. The van der Waals surface area contributed by atoms with Gasteiger partial charge in [-0.15, -0.1) is 0 Å². The molecule has 1 N–H and O–H groups in total. The molecule has 0 bridgehead atoms. The minimum absolute atomic E-state index is 0.331. The van der Waals surface area contributed by atoms with Crippen molar-refractivity contribution < 1.29 is 19.0 Å². The monoisotopic (exact) mass is 542 g/mol. The maximum absolute atomic E-state index is 13.4. The van der Waals surface area contributed by atoms with Crippen molar-refractivity contribution in [2.24, 2.45) is 0 Å². The average molecular weight is 543 g/mol. The van der Waals surface area contributed by atoms with Gasteiger partial charge >= 0.3 is 5.97 Å². The van der Waals surface area contributed by atoms with Gasteiger partial charge in [0.15, 0.2) is 5.60 Å². The maximum atomic E-state index is 13.4. The lowest BCUT2D eigenvalue weighted by molar-refractivity contribution is 0.0229. The molecule has 6 nitrogen and oxygen atoms in total. The molecule has 0 radical (unpaired) electrons. The summed E-state index contributed by atoms with van der Waals surface area (Å²) in [6.07, 6.45) is 0. The molecular weight excluding hydrogens is 512 g/mol. The van der Waals surface area contributed by atoms with Crippen molar-refractivity contribution in [1.29, 1.82) is 0 Å². The molecular formula is C35H30N2O4. The molecule has 1 spiro atoms. The summed E-state index contributed by atoms with van der Waals surface area (Å²) < 4.78 is 18.4. The molecule has 2 aliphatic heterocycles. The third-order valence-electron chi connectivity index (χ3n) is 8.18. The minimum atomic E-state index is -1.12. The number of esters is 1. The molecule has 7 rings (SSSR count). The Morgan fingerprint density at radius 3 is 2.37 bits per heavy atom. The van der Waals surface area contributed by atoms with Crippen LogP contribution in [0.3, 0.4) is 0 Å². The van der Waals surface area contributed by atoms with Crippen LogP contribution < -0.4 is 19.7 Å². The zero-order valence-corrected chi connectivity index (χ0v) is 23.2. The summed E-state index contributed by atoms with van der Waals surface area (Å²) in [7, 11) is 1.66. The lowest BCUT2D eigenvalue weighted by atomic mass is 9.76. The summed E-state index contributed by atoms with van der Waals surface area (Å²) in [4.78, 5) is 15.7. The third-order valence-corrected chi connectivity index (χ3v) is 8.18. The number of methoxy groups -OCH3 is 1. The number of nitrogens with zero attached hydrogens (tertiary/aromatic N) is 1. The lowest BCUT2D eigenvalue weighted by Crippen LogP contribution is -2.33. The predicted octanol–water partition coefficient (Wildman–Crippen LogP) is 8.01. The van der Waals surface area contributed by atoms with Crippen LogP contribution in [-0.2, 0) is 10.3 Å². The van der Waals surface area contributed by atoms with Crippen LogP contribution in [0.4, 0.5) is 17.1 Å². The number of hydrogen-bond donors (Lipinski definition) is 1. The Hall–Kier alpha value is -4.97. The van der Waals surface area contributed by atoms with Crippen LogP contribution in [0.2, 0.25) is 0 Å². The van der Waals surface area contributed by atoms with E-state index in [1.165, 1.54) is 0 Å². The zero-order chi connectivity index (χ0) is 28.1. The average Bonchev–Trinajstić information content (AvgIpc) is 3.30. The second-order valence-electron chi connectivity index (χ2n) is 10.3. The van der Waals surface area contributed by atoms with E-state index in [-0.39, 0.29) is 5.97 Å². The number of ether oxygens (including phenoxy) is 3. The number of hydrogen-bond acceptors (Lipinski definition) is 6. The molecule has 41 heavy (non-hydrogen) atoms. The van der Waals surface area contributed by atoms with Crippen molar-refractivity contribution in [2.45, 2.75) is 19.4 Å². The minimum Gasteiger partial charge on any atom is -0.497 e. The Labute approximate surface area is 239 Å². The molecule has 0 amide bonds. The first-order valence-corrected chi connectivity index (χ1v) is 13.9. The van der Waals surface area contributed by atoms with Crippen molar-refractivity contribution in [2.75, 3.05) is 30.4 Å². The van der Waals surface area contributed by atoms with Crippen LogP contribution in [0.1, 0.15) is 40.9 Å². The summed E-state index contributed by atoms with van der Waals surface area (Å²) in [5, 5.41) is 5.45. The molecule has 5 aromatic carbocycles. The lowest BCUT2D eigenvalue weighted by Gasteiger charge is -2.38. The van der Waals surface area contributed by atoms with E-state index in [9.17, 15) is 4.79 Å². The summed E-state index contributed by atoms with van der Waals surface area (Å²) in [6, 6.07) is 32.0. The van der Waals surface area contributed by atoms with Crippen LogP contribution in [0.5, 0.6) is 17.2 Å². The highest BCUT2D eigenvalue weighted by Gasteiger charge is 2.54. The van der Waals surface area contributed by atoms with Gasteiger partial charge in [-0.25, -0.2) is 4.79 Å². The van der Waals surface area contributed by atoms with E-state index in [1.54, 1.807) is 7.11 Å². The van der Waals surface area contributed by atoms with E-state index in [0.717, 1.165) is 63.4 Å². The van der Waals surface area contributed by atoms with Gasteiger partial charge in [0.05, 0.1) is 18.2 Å². The van der Waals surface area contributed by atoms with E-state index in [1.807, 2.05) is 60.7 Å². The van der Waals surface area contributed by atoms with Crippen LogP contribution >= 0.6 is 0 Å². The first-order chi connectivity index (χ1) is 20.0.